The molecule has 0 atom stereocenters. The lowest BCUT2D eigenvalue weighted by molar-refractivity contribution is 0.107. The van der Waals surface area contributed by atoms with Crippen LogP contribution in [0.1, 0.15) is 11.3 Å². The molecular formula is C23H28N6O2S. The van der Waals surface area contributed by atoms with Crippen LogP contribution in [0.15, 0.2) is 30.6 Å². The number of fused-ring (bicyclic) bond motifs is 2. The first-order chi connectivity index (χ1) is 15.6. The maximum atomic E-state index is 9.18. The van der Waals surface area contributed by atoms with Gasteiger partial charge in [-0.1, -0.05) is 6.07 Å². The highest BCUT2D eigenvalue weighted by Gasteiger charge is 2.22. The molecule has 8 nitrogen and oxygen atoms in total. The molecule has 32 heavy (non-hydrogen) atoms. The minimum atomic E-state index is 0.211. The lowest BCUT2D eigenvalue weighted by Crippen LogP contribution is -2.46. The fraction of sp³-hybridized carbons (Fsp3) is 0.391. The molecular weight excluding hydrogens is 424 g/mol. The minimum absolute atomic E-state index is 0.211. The zero-order valence-corrected chi connectivity index (χ0v) is 19.2. The summed E-state index contributed by atoms with van der Waals surface area (Å²) < 4.78 is 8.69. The van der Waals surface area contributed by atoms with Crippen LogP contribution in [0, 0.1) is 6.92 Å². The fourth-order valence-corrected chi connectivity index (χ4v) is 5.67. The number of β-amino-alcohol motifs (C(OH)–C–C–N with tert-alkyl or cyclic N) is 1. The highest BCUT2D eigenvalue weighted by Crippen LogP contribution is 2.42. The quantitative estimate of drug-likeness (QED) is 0.465. The Kier molecular flexibility index (Phi) is 5.73. The Balaban J connectivity index is 1.53. The number of hydrogen-bond acceptors (Lipinski definition) is 8. The number of aliphatic hydroxyl groups is 1. The molecule has 4 heterocycles. The van der Waals surface area contributed by atoms with Gasteiger partial charge in [-0.05, 0) is 36.1 Å². The molecule has 9 heteroatoms. The second-order valence-electron chi connectivity index (χ2n) is 8.29. The van der Waals surface area contributed by atoms with Gasteiger partial charge >= 0.3 is 0 Å². The molecule has 0 saturated carbocycles. The number of aryl methyl sites for hydroxylation is 1. The molecule has 1 fully saturated rings. The minimum Gasteiger partial charge on any atom is -0.495 e. The molecule has 4 aromatic rings. The van der Waals surface area contributed by atoms with Gasteiger partial charge in [0, 0.05) is 49.7 Å². The number of ether oxygens (including phenoxy) is 1. The van der Waals surface area contributed by atoms with E-state index in [-0.39, 0.29) is 6.61 Å². The maximum absolute atomic E-state index is 9.18. The van der Waals surface area contributed by atoms with Crippen molar-refractivity contribution >= 4 is 32.8 Å². The Labute approximate surface area is 190 Å². The van der Waals surface area contributed by atoms with Gasteiger partial charge in [0.05, 0.1) is 24.1 Å². The topological polar surface area (TPSA) is 92.1 Å². The SMILES string of the molecule is COc1cc(C)cc2cc(-c3cc(CN4CCN(CCO)CC4)n4ncnc(N)c34)sc12. The first-order valence-corrected chi connectivity index (χ1v) is 11.6. The predicted molar refractivity (Wildman–Crippen MR) is 128 cm³/mol. The first-order valence-electron chi connectivity index (χ1n) is 10.8. The van der Waals surface area contributed by atoms with E-state index in [2.05, 4.69) is 51.1 Å². The Morgan fingerprint density at radius 3 is 2.66 bits per heavy atom. The highest BCUT2D eigenvalue weighted by atomic mass is 32.1. The Morgan fingerprint density at radius 2 is 1.91 bits per heavy atom. The summed E-state index contributed by atoms with van der Waals surface area (Å²) in [6.45, 7) is 7.67. The number of rotatable bonds is 6. The van der Waals surface area contributed by atoms with E-state index in [4.69, 9.17) is 10.5 Å². The molecule has 0 spiro atoms. The molecule has 3 aromatic heterocycles. The van der Waals surface area contributed by atoms with Crippen molar-refractivity contribution in [3.05, 3.63) is 41.9 Å². The lowest BCUT2D eigenvalue weighted by Gasteiger charge is -2.34. The van der Waals surface area contributed by atoms with Crippen molar-refractivity contribution in [3.63, 3.8) is 0 Å². The third-order valence-corrected chi connectivity index (χ3v) is 7.33. The number of aromatic nitrogens is 3. The van der Waals surface area contributed by atoms with Crippen LogP contribution in [0.5, 0.6) is 5.75 Å². The van der Waals surface area contributed by atoms with Crippen LogP contribution in [-0.2, 0) is 6.54 Å². The number of methoxy groups -OCH3 is 1. The van der Waals surface area contributed by atoms with E-state index in [0.29, 0.717) is 5.82 Å². The Bertz CT molecular complexity index is 1260. The van der Waals surface area contributed by atoms with Crippen molar-refractivity contribution in [2.45, 2.75) is 13.5 Å². The monoisotopic (exact) mass is 452 g/mol. The summed E-state index contributed by atoms with van der Waals surface area (Å²) in [7, 11) is 1.71. The fourth-order valence-electron chi connectivity index (χ4n) is 4.52. The molecule has 3 N–H and O–H groups in total. The molecule has 0 amide bonds. The van der Waals surface area contributed by atoms with E-state index >= 15 is 0 Å². The number of nitrogen functional groups attached to an aromatic ring is 1. The molecule has 1 saturated heterocycles. The van der Waals surface area contributed by atoms with Crippen LogP contribution in [0.4, 0.5) is 5.82 Å². The Hall–Kier alpha value is -2.72. The van der Waals surface area contributed by atoms with Gasteiger partial charge in [-0.15, -0.1) is 11.3 Å². The lowest BCUT2D eigenvalue weighted by atomic mass is 10.1. The van der Waals surface area contributed by atoms with Gasteiger partial charge < -0.3 is 15.6 Å². The van der Waals surface area contributed by atoms with Crippen molar-refractivity contribution < 1.29 is 9.84 Å². The van der Waals surface area contributed by atoms with E-state index in [9.17, 15) is 5.11 Å². The summed E-state index contributed by atoms with van der Waals surface area (Å²) in [5.41, 5.74) is 10.5. The molecule has 0 radical (unpaired) electrons. The summed E-state index contributed by atoms with van der Waals surface area (Å²) in [6.07, 6.45) is 1.52. The standard InChI is InChI=1S/C23H28N6O2S/c1-15-9-16-11-20(32-22(16)19(10-15)31-2)18-12-17(29-21(18)23(24)25-14-26-29)13-28-5-3-27(4-6-28)7-8-30/h9-12,14,30H,3-8,13H2,1-2H3,(H2,24,25,26). The molecule has 168 valence electrons. The summed E-state index contributed by atoms with van der Waals surface area (Å²) in [5, 5.41) is 14.9. The second-order valence-corrected chi connectivity index (χ2v) is 9.34. The average Bonchev–Trinajstić information content (AvgIpc) is 3.37. The third kappa shape index (κ3) is 3.81. The largest absolute Gasteiger partial charge is 0.495 e. The number of nitrogens with zero attached hydrogens (tertiary/aromatic N) is 5. The smallest absolute Gasteiger partial charge is 0.152 e. The van der Waals surface area contributed by atoms with Crippen molar-refractivity contribution in [3.8, 4) is 16.2 Å². The first kappa shape index (κ1) is 21.1. The third-order valence-electron chi connectivity index (χ3n) is 6.14. The number of thiophene rings is 1. The van der Waals surface area contributed by atoms with E-state index < -0.39 is 0 Å². The molecule has 1 aromatic carbocycles. The zero-order valence-electron chi connectivity index (χ0n) is 18.4. The zero-order chi connectivity index (χ0) is 22.2. The number of piperazine rings is 1. The predicted octanol–water partition coefficient (Wildman–Crippen LogP) is 2.62. The van der Waals surface area contributed by atoms with Gasteiger partial charge in [0.1, 0.15) is 17.6 Å². The highest BCUT2D eigenvalue weighted by molar-refractivity contribution is 7.22. The number of hydrogen-bond donors (Lipinski definition) is 2. The van der Waals surface area contributed by atoms with Gasteiger partial charge in [0.15, 0.2) is 5.82 Å². The van der Waals surface area contributed by atoms with Crippen LogP contribution < -0.4 is 10.5 Å². The normalized spacial score (nSPS) is 15.7. The number of anilines is 1. The number of nitrogens with two attached hydrogens (primary N) is 1. The van der Waals surface area contributed by atoms with E-state index in [1.807, 2.05) is 4.52 Å². The second kappa shape index (κ2) is 8.67. The molecule has 5 rings (SSSR count). The summed E-state index contributed by atoms with van der Waals surface area (Å²) >= 11 is 1.71. The summed E-state index contributed by atoms with van der Waals surface area (Å²) in [4.78, 5) is 10.1. The van der Waals surface area contributed by atoms with Gasteiger partial charge in [0.25, 0.3) is 0 Å². The van der Waals surface area contributed by atoms with Crippen molar-refractivity contribution in [2.75, 3.05) is 52.2 Å². The molecule has 1 aliphatic rings. The van der Waals surface area contributed by atoms with Crippen LogP contribution in [-0.4, -0.2) is 75.9 Å². The van der Waals surface area contributed by atoms with Crippen LogP contribution in [0.3, 0.4) is 0 Å². The molecule has 0 bridgehead atoms. The van der Waals surface area contributed by atoms with Crippen molar-refractivity contribution in [1.82, 2.24) is 24.4 Å². The van der Waals surface area contributed by atoms with Gasteiger partial charge in [0.2, 0.25) is 0 Å². The van der Waals surface area contributed by atoms with Crippen LogP contribution in [0.2, 0.25) is 0 Å². The number of aliphatic hydroxyl groups excluding tert-OH is 1. The van der Waals surface area contributed by atoms with E-state index in [1.54, 1.807) is 18.4 Å². The van der Waals surface area contributed by atoms with Gasteiger partial charge in [-0.3, -0.25) is 9.80 Å². The van der Waals surface area contributed by atoms with Crippen LogP contribution in [0.25, 0.3) is 26.0 Å². The number of benzene rings is 1. The Morgan fingerprint density at radius 1 is 1.12 bits per heavy atom. The molecule has 0 aliphatic carbocycles. The summed E-state index contributed by atoms with van der Waals surface area (Å²) in [6, 6.07) is 8.65. The van der Waals surface area contributed by atoms with Gasteiger partial charge in [-0.2, -0.15) is 5.10 Å². The van der Waals surface area contributed by atoms with Crippen LogP contribution >= 0.6 is 11.3 Å². The van der Waals surface area contributed by atoms with E-state index in [1.165, 1.54) is 11.9 Å². The average molecular weight is 453 g/mol. The van der Waals surface area contributed by atoms with Gasteiger partial charge in [-0.25, -0.2) is 9.50 Å². The molecule has 1 aliphatic heterocycles. The molecule has 0 unspecified atom stereocenters. The van der Waals surface area contributed by atoms with Crippen molar-refractivity contribution in [2.24, 2.45) is 0 Å². The van der Waals surface area contributed by atoms with Crippen molar-refractivity contribution in [1.29, 1.82) is 0 Å². The maximum Gasteiger partial charge on any atom is 0.152 e. The van der Waals surface area contributed by atoms with E-state index in [0.717, 1.165) is 76.8 Å². The summed E-state index contributed by atoms with van der Waals surface area (Å²) in [5.74, 6) is 1.37.